The number of amidine groups is 1. The number of aromatic nitrogens is 1. The largest absolute Gasteiger partial charge is 0.417 e. The highest BCUT2D eigenvalue weighted by molar-refractivity contribution is 5.96. The smallest absolute Gasteiger partial charge is 0.307 e. The fraction of sp³-hybridized carbons (Fsp3) is 0.250. The Morgan fingerprint density at radius 1 is 1.47 bits per heavy atom. The van der Waals surface area contributed by atoms with E-state index < -0.39 is 11.7 Å². The van der Waals surface area contributed by atoms with Crippen LogP contribution >= 0.6 is 0 Å². The first kappa shape index (κ1) is 11.4. The van der Waals surface area contributed by atoms with Crippen LogP contribution < -0.4 is 11.3 Å². The lowest BCUT2D eigenvalue weighted by Gasteiger charge is -2.07. The summed E-state index contributed by atoms with van der Waals surface area (Å²) in [6, 6.07) is 2.12. The number of alkyl halides is 3. The predicted octanol–water partition coefficient (Wildman–Crippen LogP) is 0.940. The first-order valence-corrected chi connectivity index (χ1v) is 3.96. The Morgan fingerprint density at radius 3 is 2.47 bits per heavy atom. The Bertz CT molecular complexity index is 355. The second kappa shape index (κ2) is 4.26. The fourth-order valence-corrected chi connectivity index (χ4v) is 0.955. The van der Waals surface area contributed by atoms with Gasteiger partial charge in [-0.25, -0.2) is 5.84 Å². The summed E-state index contributed by atoms with van der Waals surface area (Å²) in [5.41, 5.74) is 1.68. The van der Waals surface area contributed by atoms with Crippen molar-refractivity contribution in [3.8, 4) is 0 Å². The third-order valence-electron chi connectivity index (χ3n) is 1.69. The number of rotatable bonds is 1. The van der Waals surface area contributed by atoms with Gasteiger partial charge in [0.2, 0.25) is 0 Å². The Balaban J connectivity index is 3.00. The SMILES string of the molecule is CN=C(NN)c1ccc(C(F)(F)F)cn1. The summed E-state index contributed by atoms with van der Waals surface area (Å²) >= 11 is 0. The van der Waals surface area contributed by atoms with Gasteiger partial charge in [0.25, 0.3) is 0 Å². The molecule has 0 saturated heterocycles. The number of hydrazine groups is 1. The molecular weight excluding hydrogens is 209 g/mol. The van der Waals surface area contributed by atoms with Crippen LogP contribution in [0, 0.1) is 0 Å². The van der Waals surface area contributed by atoms with Crippen molar-refractivity contribution >= 4 is 5.84 Å². The van der Waals surface area contributed by atoms with Gasteiger partial charge in [0.1, 0.15) is 5.69 Å². The first-order chi connectivity index (χ1) is 6.99. The van der Waals surface area contributed by atoms with Crippen LogP contribution in [0.3, 0.4) is 0 Å². The second-order valence-corrected chi connectivity index (χ2v) is 2.65. The highest BCUT2D eigenvalue weighted by Crippen LogP contribution is 2.28. The maximum absolute atomic E-state index is 12.2. The highest BCUT2D eigenvalue weighted by atomic mass is 19.4. The summed E-state index contributed by atoms with van der Waals surface area (Å²) in [5, 5.41) is 0. The maximum Gasteiger partial charge on any atom is 0.417 e. The molecule has 0 bridgehead atoms. The number of hydrogen-bond acceptors (Lipinski definition) is 3. The Kier molecular flexibility index (Phi) is 3.25. The van der Waals surface area contributed by atoms with E-state index in [2.05, 4.69) is 15.4 Å². The number of hydrogen-bond donors (Lipinski definition) is 2. The van der Waals surface area contributed by atoms with Crippen molar-refractivity contribution in [2.24, 2.45) is 10.8 Å². The maximum atomic E-state index is 12.2. The van der Waals surface area contributed by atoms with Crippen molar-refractivity contribution in [3.05, 3.63) is 29.6 Å². The van der Waals surface area contributed by atoms with Crippen LogP contribution in [0.15, 0.2) is 23.3 Å². The van der Waals surface area contributed by atoms with Crippen LogP contribution in [0.25, 0.3) is 0 Å². The standard InChI is InChI=1S/C8H9F3N4/c1-13-7(15-12)6-3-2-5(4-14-6)8(9,10)11/h2-4H,12H2,1H3,(H,13,15). The zero-order valence-electron chi connectivity index (χ0n) is 7.84. The van der Waals surface area contributed by atoms with Gasteiger partial charge in [-0.2, -0.15) is 13.2 Å². The van der Waals surface area contributed by atoms with Gasteiger partial charge < -0.3 is 5.43 Å². The summed E-state index contributed by atoms with van der Waals surface area (Å²) in [7, 11) is 1.45. The number of aliphatic imine (C=N–C) groups is 1. The van der Waals surface area contributed by atoms with E-state index in [0.29, 0.717) is 0 Å². The zero-order chi connectivity index (χ0) is 11.5. The number of nitrogens with one attached hydrogen (secondary N) is 1. The van der Waals surface area contributed by atoms with Gasteiger partial charge in [-0.1, -0.05) is 0 Å². The predicted molar refractivity (Wildman–Crippen MR) is 49.0 cm³/mol. The molecule has 0 radical (unpaired) electrons. The lowest BCUT2D eigenvalue weighted by atomic mass is 10.2. The second-order valence-electron chi connectivity index (χ2n) is 2.65. The minimum absolute atomic E-state index is 0.226. The Hall–Kier alpha value is -1.63. The molecule has 0 aliphatic rings. The molecule has 0 aliphatic carbocycles. The molecule has 1 aromatic heterocycles. The van der Waals surface area contributed by atoms with E-state index in [1.165, 1.54) is 13.1 Å². The van der Waals surface area contributed by atoms with E-state index in [1.807, 2.05) is 0 Å². The molecule has 0 unspecified atom stereocenters. The minimum Gasteiger partial charge on any atom is -0.307 e. The first-order valence-electron chi connectivity index (χ1n) is 3.96. The molecule has 0 amide bonds. The van der Waals surface area contributed by atoms with Gasteiger partial charge in [-0.3, -0.25) is 9.98 Å². The highest BCUT2D eigenvalue weighted by Gasteiger charge is 2.30. The number of nitrogens with two attached hydrogens (primary N) is 1. The van der Waals surface area contributed by atoms with Gasteiger partial charge in [-0.05, 0) is 12.1 Å². The van der Waals surface area contributed by atoms with Gasteiger partial charge in [-0.15, -0.1) is 0 Å². The molecule has 0 spiro atoms. The van der Waals surface area contributed by atoms with Gasteiger partial charge in [0.05, 0.1) is 5.56 Å². The van der Waals surface area contributed by atoms with Crippen LogP contribution in [-0.2, 0) is 6.18 Å². The van der Waals surface area contributed by atoms with E-state index in [4.69, 9.17) is 5.84 Å². The molecule has 0 fully saturated rings. The Labute approximate surface area is 84.0 Å². The molecule has 1 aromatic rings. The van der Waals surface area contributed by atoms with E-state index in [1.54, 1.807) is 0 Å². The van der Waals surface area contributed by atoms with Gasteiger partial charge in [0, 0.05) is 13.2 Å². The third-order valence-corrected chi connectivity index (χ3v) is 1.69. The van der Waals surface area contributed by atoms with E-state index in [-0.39, 0.29) is 11.5 Å². The number of pyridine rings is 1. The van der Waals surface area contributed by atoms with Crippen LogP contribution in [0.2, 0.25) is 0 Å². The third kappa shape index (κ3) is 2.66. The van der Waals surface area contributed by atoms with E-state index >= 15 is 0 Å². The van der Waals surface area contributed by atoms with Crippen molar-refractivity contribution in [2.45, 2.75) is 6.18 Å². The van der Waals surface area contributed by atoms with Crippen LogP contribution in [0.1, 0.15) is 11.3 Å². The molecule has 0 atom stereocenters. The van der Waals surface area contributed by atoms with E-state index in [0.717, 1.165) is 12.3 Å². The fourth-order valence-electron chi connectivity index (χ4n) is 0.955. The quantitative estimate of drug-likeness (QED) is 0.319. The normalized spacial score (nSPS) is 12.7. The summed E-state index contributed by atoms with van der Waals surface area (Å²) in [6.07, 6.45) is -3.65. The topological polar surface area (TPSA) is 63.3 Å². The van der Waals surface area contributed by atoms with Crippen molar-refractivity contribution in [1.82, 2.24) is 10.4 Å². The average molecular weight is 218 g/mol. The molecular formula is C8H9F3N4. The summed E-state index contributed by atoms with van der Waals surface area (Å²) < 4.78 is 36.5. The minimum atomic E-state index is -4.38. The van der Waals surface area contributed by atoms with E-state index in [9.17, 15) is 13.2 Å². The van der Waals surface area contributed by atoms with Gasteiger partial charge >= 0.3 is 6.18 Å². The van der Waals surface area contributed by atoms with Crippen molar-refractivity contribution in [2.75, 3.05) is 7.05 Å². The summed E-state index contributed by atoms with van der Waals surface area (Å²) in [6.45, 7) is 0. The molecule has 0 aromatic carbocycles. The molecule has 82 valence electrons. The monoisotopic (exact) mass is 218 g/mol. The molecule has 7 heteroatoms. The molecule has 0 saturated carbocycles. The van der Waals surface area contributed by atoms with Crippen molar-refractivity contribution in [1.29, 1.82) is 0 Å². The van der Waals surface area contributed by atoms with Crippen LogP contribution in [0.4, 0.5) is 13.2 Å². The lowest BCUT2D eigenvalue weighted by molar-refractivity contribution is -0.137. The van der Waals surface area contributed by atoms with Crippen LogP contribution in [-0.4, -0.2) is 17.9 Å². The average Bonchev–Trinajstić information content (AvgIpc) is 2.19. The summed E-state index contributed by atoms with van der Waals surface area (Å²) in [5.74, 6) is 5.32. The van der Waals surface area contributed by atoms with Crippen molar-refractivity contribution in [3.63, 3.8) is 0 Å². The Morgan fingerprint density at radius 2 is 2.13 bits per heavy atom. The zero-order valence-corrected chi connectivity index (χ0v) is 7.84. The van der Waals surface area contributed by atoms with Gasteiger partial charge in [0.15, 0.2) is 5.84 Å². The molecule has 15 heavy (non-hydrogen) atoms. The number of halogens is 3. The van der Waals surface area contributed by atoms with Crippen LogP contribution in [0.5, 0.6) is 0 Å². The lowest BCUT2D eigenvalue weighted by Crippen LogP contribution is -2.31. The molecule has 1 heterocycles. The molecule has 1 rings (SSSR count). The summed E-state index contributed by atoms with van der Waals surface area (Å²) in [4.78, 5) is 7.30. The molecule has 4 nitrogen and oxygen atoms in total. The number of nitrogens with zero attached hydrogens (tertiary/aromatic N) is 2. The molecule has 3 N–H and O–H groups in total. The molecule has 0 aliphatic heterocycles. The van der Waals surface area contributed by atoms with Crippen molar-refractivity contribution < 1.29 is 13.2 Å².